The molecule has 1 unspecified atom stereocenters. The molecule has 0 bridgehead atoms. The van der Waals surface area contributed by atoms with E-state index in [2.05, 4.69) is 15.3 Å². The highest BCUT2D eigenvalue weighted by atomic mass is 32.2. The molecule has 0 aliphatic rings. The molecule has 0 fully saturated rings. The number of nitrogens with one attached hydrogen (secondary N) is 2. The summed E-state index contributed by atoms with van der Waals surface area (Å²) in [4.78, 5) is 37.5. The second-order valence-corrected chi connectivity index (χ2v) is 4.79. The van der Waals surface area contributed by atoms with E-state index in [-0.39, 0.29) is 29.9 Å². The zero-order valence-electron chi connectivity index (χ0n) is 11.3. The molecule has 1 aromatic heterocycles. The van der Waals surface area contributed by atoms with Gasteiger partial charge in [-0.2, -0.15) is 0 Å². The lowest BCUT2D eigenvalue weighted by Gasteiger charge is -2.10. The van der Waals surface area contributed by atoms with Crippen molar-refractivity contribution in [2.24, 2.45) is 5.73 Å². The van der Waals surface area contributed by atoms with Gasteiger partial charge in [0.15, 0.2) is 0 Å². The van der Waals surface area contributed by atoms with Crippen LogP contribution in [0.1, 0.15) is 24.5 Å². The quantitative estimate of drug-likeness (QED) is 0.537. The predicted octanol–water partition coefficient (Wildman–Crippen LogP) is -0.185. The summed E-state index contributed by atoms with van der Waals surface area (Å²) in [5.41, 5.74) is 5.92. The minimum atomic E-state index is -0.419. The second kappa shape index (κ2) is 9.84. The van der Waals surface area contributed by atoms with Crippen molar-refractivity contribution in [1.82, 2.24) is 15.3 Å². The van der Waals surface area contributed by atoms with Crippen LogP contribution in [0.5, 0.6) is 0 Å². The lowest BCUT2D eigenvalue weighted by Crippen LogP contribution is -2.29. The molecular weight excluding hydrogens is 284 g/mol. The average molecular weight is 302 g/mol. The molecule has 9 heteroatoms. The van der Waals surface area contributed by atoms with Crippen molar-refractivity contribution in [3.8, 4) is 0 Å². The molecule has 1 aromatic rings. The van der Waals surface area contributed by atoms with Gasteiger partial charge >= 0.3 is 0 Å². The van der Waals surface area contributed by atoms with Crippen LogP contribution in [0.15, 0.2) is 6.20 Å². The number of carbonyl (C=O) groups is 3. The summed E-state index contributed by atoms with van der Waals surface area (Å²) in [6.45, 7) is 3.49. The predicted molar refractivity (Wildman–Crippen MR) is 75.1 cm³/mol. The Bertz CT molecular complexity index is 449. The Labute approximate surface area is 120 Å². The molecule has 1 rings (SSSR count). The zero-order chi connectivity index (χ0) is 15.5. The van der Waals surface area contributed by atoms with Crippen LogP contribution in [0.25, 0.3) is 0 Å². The van der Waals surface area contributed by atoms with Gasteiger partial charge in [0.1, 0.15) is 5.82 Å². The first-order valence-corrected chi connectivity index (χ1v) is 6.81. The molecule has 2 amide bonds. The molecule has 5 N–H and O–H groups in total. The maximum atomic E-state index is 11.5. The number of aryl methyl sites for hydroxylation is 1. The van der Waals surface area contributed by atoms with E-state index in [0.717, 1.165) is 11.5 Å². The van der Waals surface area contributed by atoms with Gasteiger partial charge in [0.2, 0.25) is 11.8 Å². The minimum absolute atomic E-state index is 0.141. The number of primary amides is 1. The molecule has 0 radical (unpaired) electrons. The number of hydrogen-bond donors (Lipinski definition) is 4. The number of hydrogen-bond acceptors (Lipinski definition) is 5. The summed E-state index contributed by atoms with van der Waals surface area (Å²) < 4.78 is 0. The van der Waals surface area contributed by atoms with Crippen LogP contribution in [0, 0.1) is 6.92 Å². The third-order valence-electron chi connectivity index (χ3n) is 1.99. The highest BCUT2D eigenvalue weighted by Crippen LogP contribution is 2.08. The van der Waals surface area contributed by atoms with Crippen LogP contribution >= 0.6 is 11.8 Å². The van der Waals surface area contributed by atoms with Crippen molar-refractivity contribution in [2.45, 2.75) is 19.9 Å². The third kappa shape index (κ3) is 8.14. The minimum Gasteiger partial charge on any atom is -0.483 e. The number of carboxylic acid groups (broad SMARTS) is 1. The van der Waals surface area contributed by atoms with Gasteiger partial charge in [-0.25, -0.2) is 4.98 Å². The van der Waals surface area contributed by atoms with E-state index in [0.29, 0.717) is 0 Å². The van der Waals surface area contributed by atoms with E-state index in [1.165, 1.54) is 11.8 Å². The Kier molecular flexibility index (Phi) is 8.84. The third-order valence-corrected chi connectivity index (χ3v) is 2.94. The van der Waals surface area contributed by atoms with Crippen LogP contribution in [0.2, 0.25) is 0 Å². The summed E-state index contributed by atoms with van der Waals surface area (Å²) in [7, 11) is 0. The van der Waals surface area contributed by atoms with E-state index < -0.39 is 5.91 Å². The second-order valence-electron chi connectivity index (χ2n) is 3.81. The zero-order valence-corrected chi connectivity index (χ0v) is 12.1. The van der Waals surface area contributed by atoms with Crippen molar-refractivity contribution in [1.29, 1.82) is 0 Å². The summed E-state index contributed by atoms with van der Waals surface area (Å²) in [6, 6.07) is -0.176. The number of carbonyl (C=O) groups excluding carboxylic acids is 2. The van der Waals surface area contributed by atoms with E-state index in [1.54, 1.807) is 6.20 Å². The maximum Gasteiger partial charge on any atom is 0.290 e. The fourth-order valence-electron chi connectivity index (χ4n) is 1.25. The number of amides is 2. The van der Waals surface area contributed by atoms with E-state index in [9.17, 15) is 9.59 Å². The van der Waals surface area contributed by atoms with Crippen molar-refractivity contribution >= 4 is 30.0 Å². The van der Waals surface area contributed by atoms with Crippen molar-refractivity contribution in [3.05, 3.63) is 17.7 Å². The average Bonchev–Trinajstić information content (AvgIpc) is 2.76. The first kappa shape index (κ1) is 18.0. The highest BCUT2D eigenvalue weighted by Gasteiger charge is 2.12. The number of nitrogens with two attached hydrogens (primary N) is 1. The normalized spacial score (nSPS) is 10.9. The number of H-pyrrole nitrogens is 1. The molecular formula is C11H18N4O4S. The molecule has 0 aliphatic heterocycles. The van der Waals surface area contributed by atoms with Gasteiger partial charge in [0.05, 0.1) is 17.5 Å². The molecule has 1 heterocycles. The fourth-order valence-corrected chi connectivity index (χ4v) is 1.82. The molecule has 0 saturated carbocycles. The number of rotatable bonds is 6. The first-order chi connectivity index (χ1) is 9.40. The standard InChI is InChI=1S/C10H16N4O2S.CH2O2/c1-6-3-12-10(13-6)7(2)14-9(16)5-17-4-8(11)15;2-1-3/h3,7H,4-5H2,1-2H3,(H2,11,15)(H,12,13)(H,14,16);1H,(H,2,3). The largest absolute Gasteiger partial charge is 0.483 e. The van der Waals surface area contributed by atoms with Crippen LogP contribution < -0.4 is 11.1 Å². The molecule has 20 heavy (non-hydrogen) atoms. The summed E-state index contributed by atoms with van der Waals surface area (Å²) in [6.07, 6.45) is 1.71. The van der Waals surface area contributed by atoms with Crippen LogP contribution in [0.4, 0.5) is 0 Å². The Morgan fingerprint density at radius 2 is 2.20 bits per heavy atom. The SMILES string of the molecule is Cc1cnc(C(C)NC(=O)CSCC(N)=O)[nH]1.O=CO. The van der Waals surface area contributed by atoms with Gasteiger partial charge in [-0.15, -0.1) is 11.8 Å². The van der Waals surface area contributed by atoms with Gasteiger partial charge in [-0.05, 0) is 13.8 Å². The van der Waals surface area contributed by atoms with Crippen LogP contribution in [-0.2, 0) is 14.4 Å². The number of imidazole rings is 1. The van der Waals surface area contributed by atoms with E-state index in [1.807, 2.05) is 13.8 Å². The fraction of sp³-hybridized carbons (Fsp3) is 0.455. The molecule has 0 saturated heterocycles. The van der Waals surface area contributed by atoms with Gasteiger partial charge in [0, 0.05) is 11.9 Å². The molecule has 0 aliphatic carbocycles. The molecule has 0 spiro atoms. The van der Waals surface area contributed by atoms with Crippen LogP contribution in [0.3, 0.4) is 0 Å². The molecule has 0 aromatic carbocycles. The van der Waals surface area contributed by atoms with Gasteiger partial charge in [-0.3, -0.25) is 14.4 Å². The summed E-state index contributed by atoms with van der Waals surface area (Å²) in [5, 5.41) is 9.67. The van der Waals surface area contributed by atoms with Crippen molar-refractivity contribution in [2.75, 3.05) is 11.5 Å². The van der Waals surface area contributed by atoms with Gasteiger partial charge in [0.25, 0.3) is 6.47 Å². The summed E-state index contributed by atoms with van der Waals surface area (Å²) >= 11 is 1.19. The Hall–Kier alpha value is -2.03. The number of thioether (sulfide) groups is 1. The number of nitrogens with zero attached hydrogens (tertiary/aromatic N) is 1. The first-order valence-electron chi connectivity index (χ1n) is 5.65. The van der Waals surface area contributed by atoms with E-state index in [4.69, 9.17) is 15.6 Å². The Morgan fingerprint density at radius 3 is 2.65 bits per heavy atom. The lowest BCUT2D eigenvalue weighted by molar-refractivity contribution is -0.123. The Morgan fingerprint density at radius 1 is 1.60 bits per heavy atom. The Balaban J connectivity index is 0.00000110. The van der Waals surface area contributed by atoms with Crippen molar-refractivity contribution in [3.63, 3.8) is 0 Å². The van der Waals surface area contributed by atoms with Gasteiger partial charge < -0.3 is 21.1 Å². The van der Waals surface area contributed by atoms with E-state index >= 15 is 0 Å². The molecule has 8 nitrogen and oxygen atoms in total. The maximum absolute atomic E-state index is 11.5. The molecule has 1 atom stereocenters. The number of aromatic amines is 1. The van der Waals surface area contributed by atoms with Crippen LogP contribution in [-0.4, -0.2) is 44.9 Å². The number of aromatic nitrogens is 2. The smallest absolute Gasteiger partial charge is 0.290 e. The highest BCUT2D eigenvalue weighted by molar-refractivity contribution is 8.00. The summed E-state index contributed by atoms with van der Waals surface area (Å²) in [5.74, 6) is 0.528. The lowest BCUT2D eigenvalue weighted by atomic mass is 10.3. The topological polar surface area (TPSA) is 138 Å². The monoisotopic (exact) mass is 302 g/mol. The van der Waals surface area contributed by atoms with Gasteiger partial charge in [-0.1, -0.05) is 0 Å². The molecule has 112 valence electrons. The van der Waals surface area contributed by atoms with Crippen molar-refractivity contribution < 1.29 is 19.5 Å².